The van der Waals surface area contributed by atoms with Gasteiger partial charge in [0.2, 0.25) is 5.09 Å². The van der Waals surface area contributed by atoms with Crippen LogP contribution in [0.25, 0.3) is 0 Å². The Hall–Kier alpha value is -0.890. The molecule has 1 aromatic rings. The maximum atomic E-state index is 12.0. The van der Waals surface area contributed by atoms with Crippen molar-refractivity contribution in [3.8, 4) is 0 Å². The molecule has 1 aliphatic carbocycles. The van der Waals surface area contributed by atoms with Crippen LogP contribution in [-0.2, 0) is 16.6 Å². The Bertz CT molecular complexity index is 495. The largest absolute Gasteiger partial charge is 0.446 e. The lowest BCUT2D eigenvalue weighted by atomic mass is 10.1. The molecule has 2 unspecified atom stereocenters. The zero-order chi connectivity index (χ0) is 13.2. The summed E-state index contributed by atoms with van der Waals surface area (Å²) in [6.07, 6.45) is 2.44. The van der Waals surface area contributed by atoms with Gasteiger partial charge in [0, 0.05) is 12.6 Å². The molecular formula is C11H17NO5S. The van der Waals surface area contributed by atoms with Crippen LogP contribution >= 0.6 is 0 Å². The lowest BCUT2D eigenvalue weighted by Crippen LogP contribution is -2.38. The smallest absolute Gasteiger partial charge is 0.274 e. The van der Waals surface area contributed by atoms with Crippen LogP contribution in [0.5, 0.6) is 0 Å². The van der Waals surface area contributed by atoms with E-state index in [0.717, 1.165) is 19.3 Å². The zero-order valence-corrected chi connectivity index (χ0v) is 10.7. The molecule has 1 saturated carbocycles. The highest BCUT2D eigenvalue weighted by Crippen LogP contribution is 2.26. The van der Waals surface area contributed by atoms with Crippen LogP contribution in [0.4, 0.5) is 0 Å². The molecule has 0 bridgehead atoms. The van der Waals surface area contributed by atoms with Crippen molar-refractivity contribution in [1.82, 2.24) is 4.72 Å². The normalized spacial score (nSPS) is 24.6. The molecule has 0 aliphatic heterocycles. The van der Waals surface area contributed by atoms with Gasteiger partial charge in [0.1, 0.15) is 12.4 Å². The summed E-state index contributed by atoms with van der Waals surface area (Å²) < 4.78 is 31.6. The first-order valence-electron chi connectivity index (χ1n) is 5.89. The average Bonchev–Trinajstić information content (AvgIpc) is 2.96. The van der Waals surface area contributed by atoms with E-state index in [1.807, 2.05) is 0 Å². The molecule has 18 heavy (non-hydrogen) atoms. The Morgan fingerprint density at radius 1 is 1.33 bits per heavy atom. The first kappa shape index (κ1) is 13.5. The molecule has 1 aromatic heterocycles. The summed E-state index contributed by atoms with van der Waals surface area (Å²) in [4.78, 5) is 0. The summed E-state index contributed by atoms with van der Waals surface area (Å²) in [5.74, 6) is 0.174. The van der Waals surface area contributed by atoms with Crippen molar-refractivity contribution in [2.45, 2.75) is 37.0 Å². The number of hydrogen-bond donors (Lipinski definition) is 3. The molecule has 2 atom stereocenters. The molecule has 102 valence electrons. The van der Waals surface area contributed by atoms with Gasteiger partial charge in [0.05, 0.1) is 0 Å². The number of aliphatic hydroxyl groups is 2. The van der Waals surface area contributed by atoms with Crippen LogP contribution in [0.2, 0.25) is 0 Å². The molecule has 0 amide bonds. The predicted octanol–water partition coefficient (Wildman–Crippen LogP) is 0.211. The third-order valence-corrected chi connectivity index (χ3v) is 4.62. The van der Waals surface area contributed by atoms with Crippen LogP contribution in [0, 0.1) is 5.92 Å². The molecule has 1 fully saturated rings. The molecule has 0 radical (unpaired) electrons. The number of nitrogens with one attached hydrogen (secondary N) is 1. The van der Waals surface area contributed by atoms with Crippen LogP contribution in [0.15, 0.2) is 21.6 Å². The van der Waals surface area contributed by atoms with Crippen molar-refractivity contribution in [3.63, 3.8) is 0 Å². The molecule has 2 rings (SSSR count). The summed E-state index contributed by atoms with van der Waals surface area (Å²) in [6, 6.07) is 2.49. The summed E-state index contributed by atoms with van der Waals surface area (Å²) in [7, 11) is -3.71. The topological polar surface area (TPSA) is 99.8 Å². The fourth-order valence-electron chi connectivity index (χ4n) is 2.26. The highest BCUT2D eigenvalue weighted by molar-refractivity contribution is 7.89. The van der Waals surface area contributed by atoms with Gasteiger partial charge in [-0.05, 0) is 30.9 Å². The molecule has 7 heteroatoms. The fraction of sp³-hybridized carbons (Fsp3) is 0.636. The SMILES string of the molecule is O=S(=O)(NC1CCCC1CO)c1ccc(CO)o1. The summed E-state index contributed by atoms with van der Waals surface area (Å²) in [5, 5.41) is 17.8. The second-order valence-electron chi connectivity index (χ2n) is 4.48. The summed E-state index contributed by atoms with van der Waals surface area (Å²) >= 11 is 0. The van der Waals surface area contributed by atoms with E-state index in [9.17, 15) is 8.42 Å². The van der Waals surface area contributed by atoms with Crippen LogP contribution in [-0.4, -0.2) is 31.3 Å². The Kier molecular flexibility index (Phi) is 4.06. The van der Waals surface area contributed by atoms with Crippen LogP contribution in [0.1, 0.15) is 25.0 Å². The maximum Gasteiger partial charge on any atom is 0.274 e. The molecular weight excluding hydrogens is 258 g/mol. The summed E-state index contributed by atoms with van der Waals surface area (Å²) in [6.45, 7) is -0.356. The van der Waals surface area contributed by atoms with Gasteiger partial charge in [-0.2, -0.15) is 0 Å². The van der Waals surface area contributed by atoms with E-state index in [-0.39, 0.29) is 36.0 Å². The van der Waals surface area contributed by atoms with E-state index in [2.05, 4.69) is 4.72 Å². The highest BCUT2D eigenvalue weighted by Gasteiger charge is 2.31. The standard InChI is InChI=1S/C11H17NO5S/c13-6-8-2-1-3-10(8)12-18(15,16)11-5-4-9(7-14)17-11/h4-5,8,10,12-14H,1-3,6-7H2. The average molecular weight is 275 g/mol. The highest BCUT2D eigenvalue weighted by atomic mass is 32.2. The molecule has 0 aromatic carbocycles. The number of hydrogen-bond acceptors (Lipinski definition) is 5. The third kappa shape index (κ3) is 2.74. The lowest BCUT2D eigenvalue weighted by Gasteiger charge is -2.17. The van der Waals surface area contributed by atoms with Gasteiger partial charge in [-0.1, -0.05) is 6.42 Å². The Labute approximate surface area is 106 Å². The van der Waals surface area contributed by atoms with Crippen molar-refractivity contribution in [3.05, 3.63) is 17.9 Å². The van der Waals surface area contributed by atoms with Gasteiger partial charge in [0.25, 0.3) is 10.0 Å². The van der Waals surface area contributed by atoms with Crippen molar-refractivity contribution in [2.24, 2.45) is 5.92 Å². The second-order valence-corrected chi connectivity index (χ2v) is 6.13. The van der Waals surface area contributed by atoms with E-state index in [4.69, 9.17) is 14.6 Å². The van der Waals surface area contributed by atoms with Crippen molar-refractivity contribution >= 4 is 10.0 Å². The first-order chi connectivity index (χ1) is 8.56. The van der Waals surface area contributed by atoms with Gasteiger partial charge < -0.3 is 14.6 Å². The predicted molar refractivity (Wildman–Crippen MR) is 63.2 cm³/mol. The van der Waals surface area contributed by atoms with Gasteiger partial charge in [0.15, 0.2) is 0 Å². The minimum absolute atomic E-state index is 0.0206. The Morgan fingerprint density at radius 3 is 2.72 bits per heavy atom. The van der Waals surface area contributed by atoms with E-state index in [1.54, 1.807) is 0 Å². The van der Waals surface area contributed by atoms with Gasteiger partial charge in [-0.3, -0.25) is 0 Å². The molecule has 0 spiro atoms. The van der Waals surface area contributed by atoms with Crippen LogP contribution in [0.3, 0.4) is 0 Å². The number of rotatable bonds is 5. The number of aliphatic hydroxyl groups excluding tert-OH is 2. The van der Waals surface area contributed by atoms with Crippen molar-refractivity contribution < 1.29 is 23.0 Å². The Balaban J connectivity index is 2.11. The molecule has 1 aliphatic rings. The minimum atomic E-state index is -3.71. The lowest BCUT2D eigenvalue weighted by molar-refractivity contribution is 0.213. The van der Waals surface area contributed by atoms with Crippen molar-refractivity contribution in [1.29, 1.82) is 0 Å². The van der Waals surface area contributed by atoms with E-state index < -0.39 is 10.0 Å². The maximum absolute atomic E-state index is 12.0. The molecule has 0 saturated heterocycles. The van der Waals surface area contributed by atoms with Crippen molar-refractivity contribution in [2.75, 3.05) is 6.61 Å². The minimum Gasteiger partial charge on any atom is -0.446 e. The fourth-order valence-corrected chi connectivity index (χ4v) is 3.54. The molecule has 1 heterocycles. The van der Waals surface area contributed by atoms with Gasteiger partial charge in [-0.25, -0.2) is 13.1 Å². The molecule has 6 nitrogen and oxygen atoms in total. The monoisotopic (exact) mass is 275 g/mol. The first-order valence-corrected chi connectivity index (χ1v) is 7.38. The Morgan fingerprint density at radius 2 is 2.11 bits per heavy atom. The summed E-state index contributed by atoms with van der Waals surface area (Å²) in [5.41, 5.74) is 0. The van der Waals surface area contributed by atoms with Gasteiger partial charge >= 0.3 is 0 Å². The second kappa shape index (κ2) is 5.40. The van der Waals surface area contributed by atoms with E-state index >= 15 is 0 Å². The van der Waals surface area contributed by atoms with Gasteiger partial charge in [-0.15, -0.1) is 0 Å². The third-order valence-electron chi connectivity index (χ3n) is 3.26. The quantitative estimate of drug-likeness (QED) is 0.713. The van der Waals surface area contributed by atoms with Crippen LogP contribution < -0.4 is 4.72 Å². The zero-order valence-electron chi connectivity index (χ0n) is 9.87. The van der Waals surface area contributed by atoms with E-state index in [1.165, 1.54) is 12.1 Å². The molecule has 3 N–H and O–H groups in total. The van der Waals surface area contributed by atoms with E-state index in [0.29, 0.717) is 0 Å². The number of furan rings is 1. The number of sulfonamides is 1.